The third-order valence-electron chi connectivity index (χ3n) is 23.7. The van der Waals surface area contributed by atoms with Crippen molar-refractivity contribution < 1.29 is 133 Å². The van der Waals surface area contributed by atoms with Crippen molar-refractivity contribution in [3.63, 3.8) is 0 Å². The van der Waals surface area contributed by atoms with Crippen LogP contribution in [-0.4, -0.2) is 247 Å². The fourth-order valence-electron chi connectivity index (χ4n) is 18.5. The molecule has 4 saturated heterocycles. The van der Waals surface area contributed by atoms with Crippen LogP contribution in [0.15, 0.2) is 72.3 Å². The molecule has 12 N–H and O–H groups in total. The monoisotopic (exact) mass is 1340 g/mol. The number of ether oxygens (including phenoxy) is 11. The fourth-order valence-corrected chi connectivity index (χ4v) is 18.5. The van der Waals surface area contributed by atoms with Gasteiger partial charge in [0.1, 0.15) is 79.4 Å². The molecule has 0 radical (unpaired) electrons. The molecule has 27 heteroatoms. The van der Waals surface area contributed by atoms with Gasteiger partial charge in [-0.15, -0.1) is 0 Å². The number of benzene rings is 2. The zero-order valence-corrected chi connectivity index (χ0v) is 54.6. The van der Waals surface area contributed by atoms with Crippen molar-refractivity contribution in [1.29, 1.82) is 0 Å². The Morgan fingerprint density at radius 2 is 1.19 bits per heavy atom. The number of aliphatic carboxylic acids is 1. The summed E-state index contributed by atoms with van der Waals surface area (Å²) in [6.07, 6.45) is -31.5. The smallest absolute Gasteiger partial charge is 0.338 e. The lowest BCUT2D eigenvalue weighted by Gasteiger charge is -2.72. The number of carboxylic acids is 1. The SMILES string of the molecule is CC(=O)OC1C(OC2OCC(OC(=O)c3ccccc3)C(OC(=O)c3ccccc3)C2O)C(C)(C)CC2C3=CCC4C5(C)CCC(OC6OC(C(=O)O)C(O)C(OC7OCC(O)C(O)C7O)C6OC6OC(CO)C(O)C(O)C6O)C(C)(C)C5CCC4(C)C3(C)CC(O)C21CO. The average molecular weight is 1340 g/mol. The number of fused-ring (bicyclic) bond motifs is 7. The minimum atomic E-state index is -2.14. The van der Waals surface area contributed by atoms with Crippen LogP contribution in [0.25, 0.3) is 0 Å². The molecule has 8 fully saturated rings. The van der Waals surface area contributed by atoms with Gasteiger partial charge in [0.05, 0.1) is 55.2 Å². The lowest BCUT2D eigenvalue weighted by atomic mass is 9.33. The number of carbonyl (C=O) groups excluding carboxylic acids is 3. The van der Waals surface area contributed by atoms with Gasteiger partial charge < -0.3 is 113 Å². The lowest BCUT2D eigenvalue weighted by Crippen LogP contribution is -2.73. The third-order valence-corrected chi connectivity index (χ3v) is 23.7. The molecule has 11 rings (SSSR count). The number of hydrogen-bond acceptors (Lipinski definition) is 26. The van der Waals surface area contributed by atoms with Crippen LogP contribution in [-0.2, 0) is 61.7 Å². The van der Waals surface area contributed by atoms with Gasteiger partial charge >= 0.3 is 23.9 Å². The highest BCUT2D eigenvalue weighted by Crippen LogP contribution is 2.76. The fraction of sp³-hybridized carbons (Fsp3) is 0.735. The molecule has 0 amide bonds. The molecule has 4 saturated carbocycles. The molecule has 0 aromatic heterocycles. The van der Waals surface area contributed by atoms with Gasteiger partial charge in [-0.1, -0.05) is 96.5 Å². The van der Waals surface area contributed by atoms with Gasteiger partial charge in [-0.05, 0) is 114 Å². The number of carboxylic acid groups (broad SMARTS) is 1. The van der Waals surface area contributed by atoms with Crippen LogP contribution < -0.4 is 0 Å². The molecular formula is C68H94O27. The summed E-state index contributed by atoms with van der Waals surface area (Å²) in [5.74, 6) is -4.75. The molecule has 0 spiro atoms. The van der Waals surface area contributed by atoms with Gasteiger partial charge in [0.2, 0.25) is 0 Å². The second-order valence-electron chi connectivity index (χ2n) is 29.7. The van der Waals surface area contributed by atoms with Crippen LogP contribution in [0.1, 0.15) is 121 Å². The molecule has 528 valence electrons. The third kappa shape index (κ3) is 12.4. The van der Waals surface area contributed by atoms with E-state index in [2.05, 4.69) is 26.8 Å². The molecule has 0 bridgehead atoms. The van der Waals surface area contributed by atoms with Crippen molar-refractivity contribution in [2.45, 2.75) is 235 Å². The normalized spacial score (nSPS) is 46.1. The van der Waals surface area contributed by atoms with E-state index in [9.17, 15) is 80.5 Å². The highest BCUT2D eigenvalue weighted by atomic mass is 16.8. The Morgan fingerprint density at radius 3 is 1.81 bits per heavy atom. The molecular weight excluding hydrogens is 1250 g/mol. The standard InChI is InChI=1S/C68H94O27/c1-31(71)87-55-54(95-60-49(80)50(91-58(84)33-17-13-10-14-18-33)38(29-86-60)88-57(83)32-15-11-9-12-16-32)63(2,3)25-35-34-19-20-40-65(6)23-22-42(64(4,5)39(65)21-24-66(40,7)67(34,8)26-41(73)68(35,55)30-70)90-62-53(94-61-47(78)45(76)44(75)37(27-69)89-61)51(48(79)52(93-62)56(81)82)92-59-46(77)43(74)36(72)28-85-59/h9-19,35-55,59-62,69-70,72-80H,20-30H2,1-8H3,(H,81,82). The second kappa shape index (κ2) is 27.1. The Kier molecular flexibility index (Phi) is 20.4. The topological polar surface area (TPSA) is 413 Å². The lowest BCUT2D eigenvalue weighted by molar-refractivity contribution is -0.392. The highest BCUT2D eigenvalue weighted by Gasteiger charge is 2.74. The van der Waals surface area contributed by atoms with E-state index in [0.29, 0.717) is 32.1 Å². The first-order chi connectivity index (χ1) is 44.8. The molecule has 4 aliphatic heterocycles. The largest absolute Gasteiger partial charge is 0.479 e. The molecule has 29 atom stereocenters. The van der Waals surface area contributed by atoms with Gasteiger partial charge in [-0.3, -0.25) is 4.79 Å². The summed E-state index contributed by atoms with van der Waals surface area (Å²) < 4.78 is 67.7. The van der Waals surface area contributed by atoms with Crippen LogP contribution in [0.4, 0.5) is 0 Å². The zero-order chi connectivity index (χ0) is 68.8. The Labute approximate surface area is 550 Å². The average Bonchev–Trinajstić information content (AvgIpc) is 0.684. The summed E-state index contributed by atoms with van der Waals surface area (Å²) in [6.45, 7) is 13.4. The van der Waals surface area contributed by atoms with Gasteiger partial charge in [0, 0.05) is 6.92 Å². The predicted molar refractivity (Wildman–Crippen MR) is 324 cm³/mol. The summed E-state index contributed by atoms with van der Waals surface area (Å²) in [5, 5.41) is 135. The van der Waals surface area contributed by atoms with Crippen LogP contribution in [0.2, 0.25) is 0 Å². The van der Waals surface area contributed by atoms with Crippen LogP contribution in [0.3, 0.4) is 0 Å². The van der Waals surface area contributed by atoms with E-state index in [-0.39, 0.29) is 35.8 Å². The first kappa shape index (κ1) is 71.6. The van der Waals surface area contributed by atoms with E-state index in [1.807, 2.05) is 27.7 Å². The Bertz CT molecular complexity index is 3100. The minimum absolute atomic E-state index is 0.0496. The van der Waals surface area contributed by atoms with Crippen molar-refractivity contribution in [3.8, 4) is 0 Å². The summed E-state index contributed by atoms with van der Waals surface area (Å²) in [6, 6.07) is 16.2. The van der Waals surface area contributed by atoms with Crippen LogP contribution in [0, 0.1) is 50.2 Å². The van der Waals surface area contributed by atoms with Gasteiger partial charge in [-0.25, -0.2) is 14.4 Å². The number of rotatable bonds is 16. The van der Waals surface area contributed by atoms with Gasteiger partial charge in [0.15, 0.2) is 43.5 Å². The number of carbonyl (C=O) groups is 4. The van der Waals surface area contributed by atoms with Crippen LogP contribution in [0.5, 0.6) is 0 Å². The summed E-state index contributed by atoms with van der Waals surface area (Å²) >= 11 is 0. The van der Waals surface area contributed by atoms with Crippen molar-refractivity contribution in [2.75, 3.05) is 26.4 Å². The summed E-state index contributed by atoms with van der Waals surface area (Å²) in [4.78, 5) is 53.7. The molecule has 29 unspecified atom stereocenters. The Morgan fingerprint density at radius 1 is 0.579 bits per heavy atom. The Balaban J connectivity index is 0.869. The van der Waals surface area contributed by atoms with Gasteiger partial charge in [0.25, 0.3) is 0 Å². The molecule has 4 heterocycles. The maximum Gasteiger partial charge on any atom is 0.338 e. The van der Waals surface area contributed by atoms with Crippen molar-refractivity contribution in [2.24, 2.45) is 50.2 Å². The maximum absolute atomic E-state index is 13.7. The van der Waals surface area contributed by atoms with Gasteiger partial charge in [-0.2, -0.15) is 0 Å². The maximum atomic E-state index is 13.7. The predicted octanol–water partition coefficient (Wildman–Crippen LogP) is 1.02. The second-order valence-corrected chi connectivity index (χ2v) is 29.7. The molecule has 27 nitrogen and oxygen atoms in total. The molecule has 95 heavy (non-hydrogen) atoms. The quantitative estimate of drug-likeness (QED) is 0.0483. The van der Waals surface area contributed by atoms with E-state index < -0.39 is 224 Å². The number of hydrogen-bond donors (Lipinski definition) is 12. The zero-order valence-electron chi connectivity index (χ0n) is 54.6. The Hall–Kier alpha value is -4.70. The number of aliphatic hydroxyl groups is 11. The molecule has 9 aliphatic rings. The highest BCUT2D eigenvalue weighted by molar-refractivity contribution is 5.90. The summed E-state index contributed by atoms with van der Waals surface area (Å²) in [7, 11) is 0. The first-order valence-corrected chi connectivity index (χ1v) is 32.9. The van der Waals surface area contributed by atoms with Crippen molar-refractivity contribution >= 4 is 23.9 Å². The van der Waals surface area contributed by atoms with Crippen LogP contribution >= 0.6 is 0 Å². The van der Waals surface area contributed by atoms with Crippen molar-refractivity contribution in [1.82, 2.24) is 0 Å². The molecule has 5 aliphatic carbocycles. The van der Waals surface area contributed by atoms with Crippen molar-refractivity contribution in [3.05, 3.63) is 83.4 Å². The van der Waals surface area contributed by atoms with E-state index in [0.717, 1.165) is 5.57 Å². The minimum Gasteiger partial charge on any atom is -0.479 e. The number of aliphatic hydroxyl groups excluding tert-OH is 11. The molecule has 2 aromatic carbocycles. The summed E-state index contributed by atoms with van der Waals surface area (Å²) in [5.41, 5.74) is -3.72. The number of esters is 3. The van der Waals surface area contributed by atoms with E-state index >= 15 is 0 Å². The number of allylic oxidation sites excluding steroid dienone is 2. The molecule has 2 aromatic rings. The van der Waals surface area contributed by atoms with E-state index in [4.69, 9.17) is 52.1 Å². The van der Waals surface area contributed by atoms with E-state index in [1.54, 1.807) is 48.5 Å². The van der Waals surface area contributed by atoms with E-state index in [1.165, 1.54) is 19.1 Å². The first-order valence-electron chi connectivity index (χ1n) is 32.9.